The number of halogens is 2. The summed E-state index contributed by atoms with van der Waals surface area (Å²) in [5.74, 6) is 0.611. The van der Waals surface area contributed by atoms with E-state index < -0.39 is 10.0 Å². The molecule has 25 heavy (non-hydrogen) atoms. The van der Waals surface area contributed by atoms with Crippen LogP contribution in [0.25, 0.3) is 11.4 Å². The first-order valence-corrected chi connectivity index (χ1v) is 10.4. The number of sulfonamides is 1. The van der Waals surface area contributed by atoms with Gasteiger partial charge in [0.25, 0.3) is 10.0 Å². The molecule has 0 bridgehead atoms. The van der Waals surface area contributed by atoms with E-state index >= 15 is 0 Å². The minimum Gasteiger partial charge on any atom is -0.280 e. The van der Waals surface area contributed by atoms with Crippen LogP contribution in [0.4, 0.5) is 5.69 Å². The van der Waals surface area contributed by atoms with Crippen LogP contribution in [0.3, 0.4) is 0 Å². The lowest BCUT2D eigenvalue weighted by Crippen LogP contribution is -2.12. The van der Waals surface area contributed by atoms with Crippen molar-refractivity contribution in [2.45, 2.75) is 23.8 Å². The van der Waals surface area contributed by atoms with Crippen molar-refractivity contribution in [3.63, 3.8) is 0 Å². The Kier molecular flexibility index (Phi) is 4.19. The Morgan fingerprint density at radius 2 is 2.04 bits per heavy atom. The largest absolute Gasteiger partial charge is 0.280 e. The van der Waals surface area contributed by atoms with Gasteiger partial charge in [-0.15, -0.1) is 16.4 Å². The molecule has 4 rings (SSSR count). The normalized spacial score (nSPS) is 14.6. The first-order valence-electron chi connectivity index (χ1n) is 7.30. The zero-order valence-electron chi connectivity index (χ0n) is 12.6. The lowest BCUT2D eigenvalue weighted by atomic mass is 10.2. The van der Waals surface area contributed by atoms with Crippen molar-refractivity contribution < 1.29 is 8.42 Å². The third-order valence-corrected chi connectivity index (χ3v) is 6.81. The molecule has 1 aliphatic carbocycles. The van der Waals surface area contributed by atoms with Crippen LogP contribution in [0.1, 0.15) is 18.9 Å². The van der Waals surface area contributed by atoms with E-state index in [1.54, 1.807) is 22.9 Å². The van der Waals surface area contributed by atoms with E-state index in [9.17, 15) is 8.42 Å². The van der Waals surface area contributed by atoms with Crippen molar-refractivity contribution in [1.29, 1.82) is 0 Å². The van der Waals surface area contributed by atoms with Gasteiger partial charge in [-0.1, -0.05) is 35.3 Å². The number of nitrogens with zero attached hydrogens (tertiary/aromatic N) is 4. The molecule has 7 nitrogen and oxygen atoms in total. The Labute approximate surface area is 157 Å². The van der Waals surface area contributed by atoms with Gasteiger partial charge in [0.15, 0.2) is 5.82 Å². The molecular formula is C14H11Cl2N5O2S2. The molecule has 1 N–H and O–H groups in total. The number of aromatic nitrogens is 4. The Bertz CT molecular complexity index is 1040. The number of anilines is 1. The maximum Gasteiger partial charge on any atom is 0.264 e. The molecule has 0 atom stereocenters. The molecule has 1 aliphatic rings. The highest BCUT2D eigenvalue weighted by Gasteiger charge is 2.28. The van der Waals surface area contributed by atoms with E-state index in [-0.39, 0.29) is 9.23 Å². The van der Waals surface area contributed by atoms with Gasteiger partial charge < -0.3 is 0 Å². The van der Waals surface area contributed by atoms with Crippen LogP contribution in [0.5, 0.6) is 0 Å². The zero-order chi connectivity index (χ0) is 17.6. The Morgan fingerprint density at radius 1 is 1.24 bits per heavy atom. The fourth-order valence-electron chi connectivity index (χ4n) is 2.39. The van der Waals surface area contributed by atoms with Gasteiger partial charge in [0.2, 0.25) is 0 Å². The van der Waals surface area contributed by atoms with Crippen LogP contribution in [0.2, 0.25) is 8.67 Å². The first kappa shape index (κ1) is 16.8. The molecule has 2 aromatic heterocycles. The van der Waals surface area contributed by atoms with E-state index in [1.165, 1.54) is 6.07 Å². The summed E-state index contributed by atoms with van der Waals surface area (Å²) >= 11 is 12.8. The van der Waals surface area contributed by atoms with E-state index in [4.69, 9.17) is 23.2 Å². The second-order valence-corrected chi connectivity index (χ2v) is 9.49. The third-order valence-electron chi connectivity index (χ3n) is 3.67. The molecule has 0 unspecified atom stereocenters. The number of nitrogens with one attached hydrogen (secondary N) is 1. The molecule has 11 heteroatoms. The van der Waals surface area contributed by atoms with Crippen molar-refractivity contribution in [3.8, 4) is 11.4 Å². The molecular weight excluding hydrogens is 405 g/mol. The third kappa shape index (κ3) is 3.37. The summed E-state index contributed by atoms with van der Waals surface area (Å²) in [6, 6.07) is 8.54. The van der Waals surface area contributed by atoms with Gasteiger partial charge in [0.1, 0.15) is 9.23 Å². The maximum absolute atomic E-state index is 12.5. The standard InChI is InChI=1S/C14H11Cl2N5O2S2/c15-12-7-11(13(16)24-12)25(22,23)18-9-3-1-2-8(6-9)14-17-19-20-21(14)10-4-5-10/h1-3,6-7,10,18H,4-5H2. The predicted molar refractivity (Wildman–Crippen MR) is 96.7 cm³/mol. The van der Waals surface area contributed by atoms with Gasteiger partial charge in [0.05, 0.1) is 10.4 Å². The maximum atomic E-state index is 12.5. The minimum atomic E-state index is -3.84. The number of rotatable bonds is 5. The summed E-state index contributed by atoms with van der Waals surface area (Å²) in [6.07, 6.45) is 2.09. The van der Waals surface area contributed by atoms with Gasteiger partial charge in [0, 0.05) is 11.3 Å². The van der Waals surface area contributed by atoms with Gasteiger partial charge in [-0.3, -0.25) is 4.72 Å². The predicted octanol–water partition coefficient (Wildman–Crippen LogP) is 3.84. The Hall–Kier alpha value is -1.68. The number of benzene rings is 1. The number of tetrazole rings is 1. The number of hydrogen-bond acceptors (Lipinski definition) is 6. The fraction of sp³-hybridized carbons (Fsp3) is 0.214. The van der Waals surface area contributed by atoms with Crippen molar-refractivity contribution in [2.75, 3.05) is 4.72 Å². The highest BCUT2D eigenvalue weighted by atomic mass is 35.5. The molecule has 1 saturated carbocycles. The van der Waals surface area contributed by atoms with Gasteiger partial charge in [-0.2, -0.15) is 0 Å². The topological polar surface area (TPSA) is 89.8 Å². The van der Waals surface area contributed by atoms with E-state index in [2.05, 4.69) is 20.2 Å². The van der Waals surface area contributed by atoms with Gasteiger partial charge in [-0.05, 0) is 41.5 Å². The van der Waals surface area contributed by atoms with Crippen molar-refractivity contribution >= 4 is 50.2 Å². The van der Waals surface area contributed by atoms with Crippen molar-refractivity contribution in [2.24, 2.45) is 0 Å². The molecule has 3 aromatic rings. The van der Waals surface area contributed by atoms with Crippen LogP contribution in [0.15, 0.2) is 35.2 Å². The van der Waals surface area contributed by atoms with Crippen molar-refractivity contribution in [3.05, 3.63) is 39.0 Å². The molecule has 0 saturated heterocycles. The average Bonchev–Trinajstić information content (AvgIpc) is 3.17. The highest BCUT2D eigenvalue weighted by molar-refractivity contribution is 7.93. The Balaban J connectivity index is 1.66. The van der Waals surface area contributed by atoms with Gasteiger partial charge >= 0.3 is 0 Å². The molecule has 1 aromatic carbocycles. The van der Waals surface area contributed by atoms with Crippen LogP contribution in [-0.4, -0.2) is 28.6 Å². The molecule has 0 amide bonds. The molecule has 0 spiro atoms. The first-order chi connectivity index (χ1) is 11.9. The van der Waals surface area contributed by atoms with Crippen LogP contribution in [0, 0.1) is 0 Å². The number of thiophene rings is 1. The van der Waals surface area contributed by atoms with E-state index in [0.717, 1.165) is 29.7 Å². The quantitative estimate of drug-likeness (QED) is 0.683. The minimum absolute atomic E-state index is 0.0441. The lowest BCUT2D eigenvalue weighted by molar-refractivity contribution is 0.601. The smallest absolute Gasteiger partial charge is 0.264 e. The van der Waals surface area contributed by atoms with Crippen LogP contribution in [-0.2, 0) is 10.0 Å². The molecule has 2 heterocycles. The van der Waals surface area contributed by atoms with E-state index in [0.29, 0.717) is 21.9 Å². The second kappa shape index (κ2) is 6.24. The van der Waals surface area contributed by atoms with Crippen molar-refractivity contribution in [1.82, 2.24) is 20.2 Å². The highest BCUT2D eigenvalue weighted by Crippen LogP contribution is 2.37. The fourth-order valence-corrected chi connectivity index (χ4v) is 5.59. The summed E-state index contributed by atoms with van der Waals surface area (Å²) in [5.41, 5.74) is 1.12. The summed E-state index contributed by atoms with van der Waals surface area (Å²) in [7, 11) is -3.84. The van der Waals surface area contributed by atoms with Gasteiger partial charge in [-0.25, -0.2) is 13.1 Å². The molecule has 1 fully saturated rings. The monoisotopic (exact) mass is 415 g/mol. The zero-order valence-corrected chi connectivity index (χ0v) is 15.7. The number of hydrogen-bond donors (Lipinski definition) is 1. The van der Waals surface area contributed by atoms with Crippen LogP contribution < -0.4 is 4.72 Å². The molecule has 130 valence electrons. The average molecular weight is 416 g/mol. The molecule has 0 radical (unpaired) electrons. The summed E-state index contributed by atoms with van der Waals surface area (Å²) < 4.78 is 29.8. The summed E-state index contributed by atoms with van der Waals surface area (Å²) in [4.78, 5) is -0.0441. The SMILES string of the molecule is O=S(=O)(Nc1cccc(-c2nnnn2C2CC2)c1)c1cc(Cl)sc1Cl. The van der Waals surface area contributed by atoms with E-state index in [1.807, 2.05) is 6.07 Å². The van der Waals surface area contributed by atoms with Crippen LogP contribution >= 0.6 is 34.5 Å². The summed E-state index contributed by atoms with van der Waals surface area (Å²) in [5, 5.41) is 11.8. The Morgan fingerprint density at radius 3 is 2.72 bits per heavy atom. The second-order valence-electron chi connectivity index (χ2n) is 5.55. The summed E-state index contributed by atoms with van der Waals surface area (Å²) in [6.45, 7) is 0. The lowest BCUT2D eigenvalue weighted by Gasteiger charge is -2.09. The molecule has 0 aliphatic heterocycles.